The lowest BCUT2D eigenvalue weighted by Crippen LogP contribution is -2.28. The lowest BCUT2D eigenvalue weighted by molar-refractivity contribution is 0.769. The largest absolute Gasteiger partial charge is 0.398 e. The van der Waals surface area contributed by atoms with E-state index in [2.05, 4.69) is 199 Å². The van der Waals surface area contributed by atoms with E-state index in [4.69, 9.17) is 5.73 Å². The van der Waals surface area contributed by atoms with Gasteiger partial charge < -0.3 is 10.3 Å². The van der Waals surface area contributed by atoms with Crippen LogP contribution in [0.1, 0.15) is 34.7 Å². The van der Waals surface area contributed by atoms with E-state index in [-0.39, 0.29) is 0 Å². The van der Waals surface area contributed by atoms with Crippen molar-refractivity contribution in [2.75, 3.05) is 5.73 Å². The maximum atomic E-state index is 6.73. The monoisotopic (exact) mass is 690 g/mol. The molecule has 0 unspecified atom stereocenters. The van der Waals surface area contributed by atoms with Crippen molar-refractivity contribution in [2.45, 2.75) is 12.3 Å². The number of para-hydroxylation sites is 3. The zero-order chi connectivity index (χ0) is 36.2. The molecule has 0 saturated carbocycles. The number of anilines is 1. The normalized spacial score (nSPS) is 13.1. The van der Waals surface area contributed by atoms with E-state index in [1.165, 1.54) is 60.8 Å². The Labute approximate surface area is 316 Å². The van der Waals surface area contributed by atoms with Crippen LogP contribution in [0, 0.1) is 0 Å². The van der Waals surface area contributed by atoms with Crippen LogP contribution >= 0.6 is 0 Å². The van der Waals surface area contributed by atoms with E-state index >= 15 is 0 Å². The molecular formula is C52H38N2. The summed E-state index contributed by atoms with van der Waals surface area (Å²) in [7, 11) is 0. The summed E-state index contributed by atoms with van der Waals surface area (Å²) in [5, 5.41) is 2.48. The van der Waals surface area contributed by atoms with Crippen LogP contribution < -0.4 is 5.73 Å². The van der Waals surface area contributed by atoms with Crippen molar-refractivity contribution in [2.24, 2.45) is 0 Å². The highest BCUT2D eigenvalue weighted by Gasteiger charge is 2.47. The van der Waals surface area contributed by atoms with Crippen LogP contribution in [-0.2, 0) is 5.41 Å². The molecule has 0 fully saturated rings. The number of allylic oxidation sites excluding steroid dienone is 1. The lowest BCUT2D eigenvalue weighted by Gasteiger charge is -2.34. The molecule has 256 valence electrons. The van der Waals surface area contributed by atoms with Crippen LogP contribution in [0.2, 0.25) is 0 Å². The van der Waals surface area contributed by atoms with E-state index in [1.54, 1.807) is 0 Å². The molecule has 8 aromatic carbocycles. The van der Waals surface area contributed by atoms with Gasteiger partial charge in [-0.25, -0.2) is 0 Å². The van der Waals surface area contributed by atoms with Gasteiger partial charge in [0.25, 0.3) is 0 Å². The summed E-state index contributed by atoms with van der Waals surface area (Å²) < 4.78 is 2.50. The molecule has 2 nitrogen and oxygen atoms in total. The molecule has 0 bridgehead atoms. The SMILES string of the molecule is C/C=C\c1cccc(-c2ccc(-c3cc4c(c5c3c3ccccc3n5-c3ccccc3)-c3ccccc3C4(c3ccccc3)c3ccccc3)cc2)c1N. The molecule has 0 aliphatic heterocycles. The lowest BCUT2D eigenvalue weighted by atomic mass is 9.67. The predicted molar refractivity (Wildman–Crippen MR) is 228 cm³/mol. The van der Waals surface area contributed by atoms with Gasteiger partial charge in [0, 0.05) is 33.3 Å². The minimum atomic E-state index is -0.545. The van der Waals surface area contributed by atoms with Crippen molar-refractivity contribution < 1.29 is 0 Å². The molecule has 2 N–H and O–H groups in total. The second kappa shape index (κ2) is 12.6. The first-order valence-electron chi connectivity index (χ1n) is 18.7. The Morgan fingerprint density at radius 1 is 0.519 bits per heavy atom. The Bertz CT molecular complexity index is 2820. The molecule has 1 aliphatic carbocycles. The number of nitrogens with two attached hydrogens (primary N) is 1. The molecule has 54 heavy (non-hydrogen) atoms. The smallest absolute Gasteiger partial charge is 0.0714 e. The van der Waals surface area contributed by atoms with Crippen LogP contribution in [0.15, 0.2) is 194 Å². The van der Waals surface area contributed by atoms with Gasteiger partial charge >= 0.3 is 0 Å². The summed E-state index contributed by atoms with van der Waals surface area (Å²) in [6.45, 7) is 2.02. The number of benzene rings is 8. The van der Waals surface area contributed by atoms with Gasteiger partial charge in [0.1, 0.15) is 0 Å². The van der Waals surface area contributed by atoms with Crippen LogP contribution in [0.4, 0.5) is 5.69 Å². The Hall–Kier alpha value is -6.90. The van der Waals surface area contributed by atoms with Crippen molar-refractivity contribution in [3.8, 4) is 39.1 Å². The molecule has 2 heteroatoms. The van der Waals surface area contributed by atoms with Gasteiger partial charge in [0.2, 0.25) is 0 Å². The van der Waals surface area contributed by atoms with Crippen molar-refractivity contribution in [1.29, 1.82) is 0 Å². The zero-order valence-electron chi connectivity index (χ0n) is 30.1. The highest BCUT2D eigenvalue weighted by molar-refractivity contribution is 6.21. The highest BCUT2D eigenvalue weighted by atomic mass is 15.0. The number of aromatic nitrogens is 1. The van der Waals surface area contributed by atoms with Crippen LogP contribution in [0.5, 0.6) is 0 Å². The van der Waals surface area contributed by atoms with E-state index in [0.717, 1.165) is 33.6 Å². The molecule has 1 aromatic heterocycles. The van der Waals surface area contributed by atoms with Gasteiger partial charge in [0.15, 0.2) is 0 Å². The standard InChI is InChI=1S/C52H38N2/c1-2-17-37-18-16-27-41(50(37)53)35-30-32-36(33-31-35)44-34-46-49(51-48(44)43-26-13-15-29-47(43)54(51)40-23-10-5-11-24-40)42-25-12-14-28-45(42)52(46,38-19-6-3-7-20-38)39-21-8-4-9-22-39/h2-34H,53H2,1H3/b17-2-. The minimum absolute atomic E-state index is 0.545. The van der Waals surface area contributed by atoms with Crippen LogP contribution in [-0.4, -0.2) is 4.57 Å². The molecule has 0 radical (unpaired) electrons. The Morgan fingerprint density at radius 2 is 1.09 bits per heavy atom. The molecule has 0 atom stereocenters. The minimum Gasteiger partial charge on any atom is -0.398 e. The molecule has 9 aromatic rings. The summed E-state index contributed by atoms with van der Waals surface area (Å²) in [4.78, 5) is 0. The van der Waals surface area contributed by atoms with Crippen molar-refractivity contribution in [3.63, 3.8) is 0 Å². The molecule has 1 aliphatic rings. The van der Waals surface area contributed by atoms with E-state index in [9.17, 15) is 0 Å². The van der Waals surface area contributed by atoms with Crippen molar-refractivity contribution >= 4 is 33.6 Å². The average Bonchev–Trinajstić information content (AvgIpc) is 3.74. The van der Waals surface area contributed by atoms with E-state index < -0.39 is 5.41 Å². The summed E-state index contributed by atoms with van der Waals surface area (Å²) in [6.07, 6.45) is 4.10. The maximum absolute atomic E-state index is 6.73. The van der Waals surface area contributed by atoms with E-state index in [1.807, 2.05) is 13.0 Å². The fourth-order valence-corrected chi connectivity index (χ4v) is 9.13. The van der Waals surface area contributed by atoms with Gasteiger partial charge in [-0.15, -0.1) is 0 Å². The molecule has 1 heterocycles. The fourth-order valence-electron chi connectivity index (χ4n) is 9.13. The van der Waals surface area contributed by atoms with Gasteiger partial charge in [-0.05, 0) is 81.3 Å². The molecule has 10 rings (SSSR count). The van der Waals surface area contributed by atoms with Gasteiger partial charge in [-0.3, -0.25) is 0 Å². The number of nitrogen functional groups attached to an aromatic ring is 1. The number of fused-ring (bicyclic) bond motifs is 7. The number of nitrogens with zero attached hydrogens (tertiary/aromatic N) is 1. The van der Waals surface area contributed by atoms with Gasteiger partial charge in [0.05, 0.1) is 16.4 Å². The van der Waals surface area contributed by atoms with Crippen molar-refractivity contribution in [3.05, 3.63) is 222 Å². The van der Waals surface area contributed by atoms with Gasteiger partial charge in [-0.2, -0.15) is 0 Å². The number of hydrogen-bond acceptors (Lipinski definition) is 1. The summed E-state index contributed by atoms with van der Waals surface area (Å²) in [6, 6.07) is 68.7. The topological polar surface area (TPSA) is 30.9 Å². The molecule has 0 saturated heterocycles. The third-order valence-electron chi connectivity index (χ3n) is 11.4. The molecule has 0 amide bonds. The fraction of sp³-hybridized carbons (Fsp3) is 0.0385. The van der Waals surface area contributed by atoms with Gasteiger partial charge in [-0.1, -0.05) is 176 Å². The van der Waals surface area contributed by atoms with Crippen LogP contribution in [0.25, 0.3) is 66.9 Å². The summed E-state index contributed by atoms with van der Waals surface area (Å²) in [5.41, 5.74) is 23.7. The summed E-state index contributed by atoms with van der Waals surface area (Å²) in [5.74, 6) is 0. The quantitative estimate of drug-likeness (QED) is 0.173. The zero-order valence-corrected chi connectivity index (χ0v) is 30.1. The number of rotatable bonds is 6. The Morgan fingerprint density at radius 3 is 1.78 bits per heavy atom. The summed E-state index contributed by atoms with van der Waals surface area (Å²) >= 11 is 0. The Balaban J connectivity index is 1.36. The molecule has 0 spiro atoms. The second-order valence-electron chi connectivity index (χ2n) is 14.2. The first kappa shape index (κ1) is 31.8. The highest BCUT2D eigenvalue weighted by Crippen LogP contribution is 2.60. The first-order chi connectivity index (χ1) is 26.7. The third-order valence-corrected chi connectivity index (χ3v) is 11.4. The second-order valence-corrected chi connectivity index (χ2v) is 14.2. The average molecular weight is 691 g/mol. The van der Waals surface area contributed by atoms with Crippen LogP contribution in [0.3, 0.4) is 0 Å². The third kappa shape index (κ3) is 4.60. The first-order valence-corrected chi connectivity index (χ1v) is 18.7. The Kier molecular flexibility index (Phi) is 7.45. The number of hydrogen-bond donors (Lipinski definition) is 1. The maximum Gasteiger partial charge on any atom is 0.0714 e. The molecular weight excluding hydrogens is 653 g/mol. The predicted octanol–water partition coefficient (Wildman–Crippen LogP) is 13.1. The van der Waals surface area contributed by atoms with Crippen molar-refractivity contribution in [1.82, 2.24) is 4.57 Å². The van der Waals surface area contributed by atoms with E-state index in [0.29, 0.717) is 0 Å².